The molecule has 1 aromatic heterocycles. The largest absolute Gasteiger partial charge is 0.342 e. The summed E-state index contributed by atoms with van der Waals surface area (Å²) in [6.45, 7) is 11.8. The van der Waals surface area contributed by atoms with Gasteiger partial charge in [-0.3, -0.25) is 4.90 Å². The minimum Gasteiger partial charge on any atom is -0.342 e. The van der Waals surface area contributed by atoms with Crippen molar-refractivity contribution in [2.24, 2.45) is 7.05 Å². The van der Waals surface area contributed by atoms with Crippen molar-refractivity contribution in [2.45, 2.75) is 46.3 Å². The third kappa shape index (κ3) is 4.70. The van der Waals surface area contributed by atoms with E-state index in [1.807, 2.05) is 23.9 Å². The molecule has 0 atom stereocenters. The Balaban J connectivity index is 2.36. The van der Waals surface area contributed by atoms with E-state index in [9.17, 15) is 0 Å². The summed E-state index contributed by atoms with van der Waals surface area (Å²) < 4.78 is 1.87. The lowest BCUT2D eigenvalue weighted by molar-refractivity contribution is 0.176. The molecule has 0 saturated heterocycles. The second-order valence-electron chi connectivity index (χ2n) is 5.56. The standard InChI is InChI=1S/C15H26N4/c1-12(2)19(13(3)4)7-6-17-10-14-8-15(9-16)18(5)11-14/h8,11-13,17H,6-7,10H2,1-5H3. The fourth-order valence-electron chi connectivity index (χ4n) is 2.39. The molecule has 0 aliphatic heterocycles. The van der Waals surface area contributed by atoms with E-state index >= 15 is 0 Å². The zero-order valence-electron chi connectivity index (χ0n) is 12.8. The third-order valence-electron chi connectivity index (χ3n) is 3.38. The Morgan fingerprint density at radius 2 is 1.95 bits per heavy atom. The van der Waals surface area contributed by atoms with Gasteiger partial charge in [0, 0.05) is 45.0 Å². The first-order valence-corrected chi connectivity index (χ1v) is 6.97. The second-order valence-corrected chi connectivity index (χ2v) is 5.56. The van der Waals surface area contributed by atoms with Crippen LogP contribution in [0.5, 0.6) is 0 Å². The van der Waals surface area contributed by atoms with Gasteiger partial charge < -0.3 is 9.88 Å². The molecule has 1 aromatic rings. The predicted molar refractivity (Wildman–Crippen MR) is 78.8 cm³/mol. The molecule has 1 rings (SSSR count). The highest BCUT2D eigenvalue weighted by Crippen LogP contribution is 2.06. The third-order valence-corrected chi connectivity index (χ3v) is 3.38. The van der Waals surface area contributed by atoms with E-state index in [1.54, 1.807) is 0 Å². The Morgan fingerprint density at radius 3 is 2.42 bits per heavy atom. The van der Waals surface area contributed by atoms with Crippen LogP contribution in [0.4, 0.5) is 0 Å². The maximum Gasteiger partial charge on any atom is 0.120 e. The van der Waals surface area contributed by atoms with Gasteiger partial charge in [-0.15, -0.1) is 0 Å². The van der Waals surface area contributed by atoms with E-state index in [0.717, 1.165) is 19.6 Å². The van der Waals surface area contributed by atoms with Crippen molar-refractivity contribution >= 4 is 0 Å². The normalized spacial score (nSPS) is 11.5. The van der Waals surface area contributed by atoms with Gasteiger partial charge in [-0.05, 0) is 39.3 Å². The predicted octanol–water partition coefficient (Wildman–Crippen LogP) is 2.11. The number of nitrogens with zero attached hydrogens (tertiary/aromatic N) is 3. The van der Waals surface area contributed by atoms with E-state index in [1.165, 1.54) is 5.56 Å². The van der Waals surface area contributed by atoms with Gasteiger partial charge in [-0.25, -0.2) is 0 Å². The molecule has 0 aliphatic rings. The van der Waals surface area contributed by atoms with Crippen LogP contribution in [0.2, 0.25) is 0 Å². The molecule has 0 spiro atoms. The molecule has 106 valence electrons. The highest BCUT2D eigenvalue weighted by atomic mass is 15.2. The Bertz CT molecular complexity index is 418. The van der Waals surface area contributed by atoms with E-state index < -0.39 is 0 Å². The molecule has 4 nitrogen and oxygen atoms in total. The van der Waals surface area contributed by atoms with Crippen LogP contribution in [0.1, 0.15) is 39.0 Å². The summed E-state index contributed by atoms with van der Waals surface area (Å²) in [5.74, 6) is 0. The maximum absolute atomic E-state index is 8.90. The number of hydrogen-bond acceptors (Lipinski definition) is 3. The zero-order chi connectivity index (χ0) is 14.4. The van der Waals surface area contributed by atoms with E-state index in [4.69, 9.17) is 5.26 Å². The zero-order valence-corrected chi connectivity index (χ0v) is 12.8. The fourth-order valence-corrected chi connectivity index (χ4v) is 2.39. The minimum atomic E-state index is 0.573. The highest BCUT2D eigenvalue weighted by Gasteiger charge is 2.12. The van der Waals surface area contributed by atoms with E-state index in [2.05, 4.69) is 44.0 Å². The van der Waals surface area contributed by atoms with Gasteiger partial charge in [0.25, 0.3) is 0 Å². The average molecular weight is 262 g/mol. The van der Waals surface area contributed by atoms with Gasteiger partial charge in [0.05, 0.1) is 0 Å². The van der Waals surface area contributed by atoms with Crippen molar-refractivity contribution in [3.05, 3.63) is 23.5 Å². The molecule has 4 heteroatoms. The van der Waals surface area contributed by atoms with Crippen molar-refractivity contribution in [1.82, 2.24) is 14.8 Å². The summed E-state index contributed by atoms with van der Waals surface area (Å²) in [7, 11) is 1.90. The number of aryl methyl sites for hydroxylation is 1. The lowest BCUT2D eigenvalue weighted by Gasteiger charge is -2.30. The van der Waals surface area contributed by atoms with E-state index in [-0.39, 0.29) is 0 Å². The Kier molecular flexibility index (Phi) is 6.07. The Morgan fingerprint density at radius 1 is 1.32 bits per heavy atom. The molecule has 0 radical (unpaired) electrons. The summed E-state index contributed by atoms with van der Waals surface area (Å²) in [6.07, 6.45) is 2.01. The number of rotatable bonds is 7. The summed E-state index contributed by atoms with van der Waals surface area (Å²) in [5, 5.41) is 12.3. The van der Waals surface area contributed by atoms with Crippen LogP contribution in [-0.2, 0) is 13.6 Å². The lowest BCUT2D eigenvalue weighted by Crippen LogP contribution is -2.41. The molecule has 0 fully saturated rings. The van der Waals surface area contributed by atoms with Crippen molar-refractivity contribution in [3.8, 4) is 6.07 Å². The smallest absolute Gasteiger partial charge is 0.120 e. The molecule has 0 bridgehead atoms. The van der Waals surface area contributed by atoms with Crippen molar-refractivity contribution < 1.29 is 0 Å². The number of nitriles is 1. The summed E-state index contributed by atoms with van der Waals surface area (Å²) in [4.78, 5) is 2.47. The van der Waals surface area contributed by atoms with Crippen LogP contribution in [0.15, 0.2) is 12.3 Å². The molecule has 19 heavy (non-hydrogen) atoms. The van der Waals surface area contributed by atoms with Crippen molar-refractivity contribution in [2.75, 3.05) is 13.1 Å². The molecule has 1 heterocycles. The summed E-state index contributed by atoms with van der Waals surface area (Å²) >= 11 is 0. The van der Waals surface area contributed by atoms with Crippen molar-refractivity contribution in [3.63, 3.8) is 0 Å². The molecule has 0 unspecified atom stereocenters. The number of hydrogen-bond donors (Lipinski definition) is 1. The summed E-state index contributed by atoms with van der Waals surface area (Å²) in [5.41, 5.74) is 1.88. The first-order chi connectivity index (χ1) is 8.95. The molecule has 0 amide bonds. The average Bonchev–Trinajstić information content (AvgIpc) is 2.68. The van der Waals surface area contributed by atoms with Gasteiger partial charge in [-0.2, -0.15) is 5.26 Å². The first kappa shape index (κ1) is 15.7. The van der Waals surface area contributed by atoms with Gasteiger partial charge >= 0.3 is 0 Å². The van der Waals surface area contributed by atoms with Gasteiger partial charge in [0.2, 0.25) is 0 Å². The van der Waals surface area contributed by atoms with Gasteiger partial charge in [0.1, 0.15) is 11.8 Å². The molecule has 0 aliphatic carbocycles. The molecule has 0 aromatic carbocycles. The monoisotopic (exact) mass is 262 g/mol. The number of aromatic nitrogens is 1. The quantitative estimate of drug-likeness (QED) is 0.765. The van der Waals surface area contributed by atoms with Crippen molar-refractivity contribution in [1.29, 1.82) is 5.26 Å². The number of nitrogens with one attached hydrogen (secondary N) is 1. The van der Waals surface area contributed by atoms with Crippen LogP contribution < -0.4 is 5.32 Å². The Hall–Kier alpha value is -1.31. The minimum absolute atomic E-state index is 0.573. The lowest BCUT2D eigenvalue weighted by atomic mass is 10.2. The van der Waals surface area contributed by atoms with Crippen LogP contribution in [-0.4, -0.2) is 34.6 Å². The van der Waals surface area contributed by atoms with Gasteiger partial charge in [0.15, 0.2) is 0 Å². The molecule has 0 saturated carbocycles. The molecular weight excluding hydrogens is 236 g/mol. The first-order valence-electron chi connectivity index (χ1n) is 6.97. The van der Waals surface area contributed by atoms with E-state index in [0.29, 0.717) is 17.8 Å². The highest BCUT2D eigenvalue weighted by molar-refractivity contribution is 5.28. The van der Waals surface area contributed by atoms with Crippen LogP contribution in [0.3, 0.4) is 0 Å². The second kappa shape index (κ2) is 7.32. The maximum atomic E-state index is 8.90. The topological polar surface area (TPSA) is 44.0 Å². The summed E-state index contributed by atoms with van der Waals surface area (Å²) in [6, 6.07) is 5.27. The van der Waals surface area contributed by atoms with Crippen LogP contribution in [0, 0.1) is 11.3 Å². The molecule has 1 N–H and O–H groups in total. The Labute approximate surface area is 117 Å². The van der Waals surface area contributed by atoms with Gasteiger partial charge in [-0.1, -0.05) is 0 Å². The fraction of sp³-hybridized carbons (Fsp3) is 0.667. The van der Waals surface area contributed by atoms with Crippen LogP contribution in [0.25, 0.3) is 0 Å². The SMILES string of the molecule is CC(C)N(CCNCc1cc(C#N)n(C)c1)C(C)C. The molecular formula is C15H26N4. The van der Waals surface area contributed by atoms with Crippen LogP contribution >= 0.6 is 0 Å².